The van der Waals surface area contributed by atoms with Gasteiger partial charge in [0.15, 0.2) is 0 Å². The standard InChI is InChI=1S/C29H30F2NO7P/c1-3-37-40(35,38-4-2)29(30,31)39-27(33)26(18-20-12-6-5-7-13-20)32-28(34)36-19-25-23-16-10-8-14-21(23)22-15-9-11-17-24(22)25/h5-17,25-26H,3-4,18-19H2,1-2H3,(H,32,34)/t26-/m0/s1. The zero-order chi connectivity index (χ0) is 28.8. The highest BCUT2D eigenvalue weighted by atomic mass is 31.2. The number of nitrogens with one attached hydrogen (secondary N) is 1. The van der Waals surface area contributed by atoms with Crippen LogP contribution in [0.25, 0.3) is 11.1 Å². The zero-order valence-electron chi connectivity index (χ0n) is 22.0. The van der Waals surface area contributed by atoms with Crippen molar-refractivity contribution in [3.05, 3.63) is 95.6 Å². The summed E-state index contributed by atoms with van der Waals surface area (Å²) in [6, 6.07) is 22.4. The van der Waals surface area contributed by atoms with E-state index in [2.05, 4.69) is 19.1 Å². The van der Waals surface area contributed by atoms with Crippen molar-refractivity contribution in [1.82, 2.24) is 5.32 Å². The van der Waals surface area contributed by atoms with Crippen molar-refractivity contribution >= 4 is 19.7 Å². The van der Waals surface area contributed by atoms with Gasteiger partial charge in [-0.05, 0) is 41.7 Å². The highest BCUT2D eigenvalue weighted by Gasteiger charge is 2.58. The summed E-state index contributed by atoms with van der Waals surface area (Å²) in [5.41, 5.74) is 4.60. The molecule has 1 atom stereocenters. The predicted molar refractivity (Wildman–Crippen MR) is 144 cm³/mol. The Labute approximate surface area is 231 Å². The molecule has 1 aliphatic rings. The van der Waals surface area contributed by atoms with Crippen molar-refractivity contribution in [3.63, 3.8) is 0 Å². The quantitative estimate of drug-likeness (QED) is 0.195. The van der Waals surface area contributed by atoms with Crippen LogP contribution in [0.1, 0.15) is 36.5 Å². The van der Waals surface area contributed by atoms with Crippen LogP contribution >= 0.6 is 7.60 Å². The molecule has 0 heterocycles. The van der Waals surface area contributed by atoms with Crippen molar-refractivity contribution in [2.45, 2.75) is 38.1 Å². The van der Waals surface area contributed by atoms with Crippen LogP contribution in [0.4, 0.5) is 13.6 Å². The molecule has 3 aromatic rings. The number of hydrogen-bond donors (Lipinski definition) is 1. The number of rotatable bonds is 12. The molecule has 8 nitrogen and oxygen atoms in total. The Balaban J connectivity index is 1.49. The average molecular weight is 574 g/mol. The highest BCUT2D eigenvalue weighted by molar-refractivity contribution is 7.54. The third-order valence-electron chi connectivity index (χ3n) is 6.34. The topological polar surface area (TPSA) is 100 Å². The van der Waals surface area contributed by atoms with E-state index in [0.717, 1.165) is 22.3 Å². The molecule has 0 spiro atoms. The van der Waals surface area contributed by atoms with E-state index < -0.39 is 31.5 Å². The molecular formula is C29H30F2NO7P. The molecular weight excluding hydrogens is 543 g/mol. The van der Waals surface area contributed by atoms with Crippen molar-refractivity contribution in [2.75, 3.05) is 19.8 Å². The van der Waals surface area contributed by atoms with Crippen LogP contribution in [0.2, 0.25) is 0 Å². The summed E-state index contributed by atoms with van der Waals surface area (Å²) in [4.78, 5) is 25.8. The van der Waals surface area contributed by atoms with Gasteiger partial charge < -0.3 is 23.8 Å². The molecule has 0 unspecified atom stereocenters. The fourth-order valence-electron chi connectivity index (χ4n) is 4.60. The normalized spacial score (nSPS) is 13.7. The maximum atomic E-state index is 14.9. The Hall–Kier alpha value is -3.59. The Morgan fingerprint density at radius 3 is 1.95 bits per heavy atom. The first-order valence-electron chi connectivity index (χ1n) is 12.8. The van der Waals surface area contributed by atoms with Crippen LogP contribution in [0.5, 0.6) is 0 Å². The van der Waals surface area contributed by atoms with E-state index in [4.69, 9.17) is 4.74 Å². The van der Waals surface area contributed by atoms with E-state index in [1.54, 1.807) is 30.3 Å². The average Bonchev–Trinajstić information content (AvgIpc) is 3.26. The number of ether oxygens (including phenoxy) is 2. The van der Waals surface area contributed by atoms with Gasteiger partial charge in [-0.15, -0.1) is 0 Å². The SMILES string of the molecule is CCOP(=O)(OCC)C(F)(F)OC(=O)[C@H](Cc1ccccc1)NC(=O)OCC1c2ccccc2-c2ccccc21. The summed E-state index contributed by atoms with van der Waals surface area (Å²) in [5.74, 6) is -6.36. The van der Waals surface area contributed by atoms with Crippen molar-refractivity contribution < 1.29 is 41.5 Å². The van der Waals surface area contributed by atoms with Gasteiger partial charge in [0, 0.05) is 12.3 Å². The lowest BCUT2D eigenvalue weighted by atomic mass is 9.98. The molecule has 212 valence electrons. The van der Waals surface area contributed by atoms with Crippen molar-refractivity contribution in [2.24, 2.45) is 0 Å². The molecule has 40 heavy (non-hydrogen) atoms. The van der Waals surface area contributed by atoms with Gasteiger partial charge in [-0.2, -0.15) is 8.78 Å². The Kier molecular flexibility index (Phi) is 9.35. The molecule has 1 amide bonds. The van der Waals surface area contributed by atoms with E-state index in [9.17, 15) is 22.9 Å². The maximum absolute atomic E-state index is 14.9. The molecule has 1 N–H and O–H groups in total. The van der Waals surface area contributed by atoms with Gasteiger partial charge in [0.2, 0.25) is 0 Å². The third-order valence-corrected chi connectivity index (χ3v) is 8.27. The molecule has 0 saturated heterocycles. The fourth-order valence-corrected chi connectivity index (χ4v) is 5.86. The minimum atomic E-state index is -5.14. The second-order valence-corrected chi connectivity index (χ2v) is 11.0. The molecule has 11 heteroatoms. The van der Waals surface area contributed by atoms with Crippen LogP contribution in [0, 0.1) is 0 Å². The minimum absolute atomic E-state index is 0.0486. The summed E-state index contributed by atoms with van der Waals surface area (Å²) in [6.45, 7) is 1.92. The molecule has 0 saturated carbocycles. The van der Waals surface area contributed by atoms with Crippen molar-refractivity contribution in [3.8, 4) is 11.1 Å². The first kappa shape index (κ1) is 29.4. The van der Waals surface area contributed by atoms with E-state index in [1.165, 1.54) is 13.8 Å². The number of halogens is 2. The van der Waals surface area contributed by atoms with Crippen LogP contribution in [0.15, 0.2) is 78.9 Å². The second-order valence-electron chi connectivity index (χ2n) is 8.95. The first-order chi connectivity index (χ1) is 19.2. The number of hydrogen-bond acceptors (Lipinski definition) is 7. The lowest BCUT2D eigenvalue weighted by Gasteiger charge is -2.26. The minimum Gasteiger partial charge on any atom is -0.449 e. The van der Waals surface area contributed by atoms with Crippen LogP contribution in [-0.4, -0.2) is 43.8 Å². The molecule has 0 radical (unpaired) electrons. The largest absolute Gasteiger partial charge is 0.506 e. The zero-order valence-corrected chi connectivity index (χ0v) is 22.9. The van der Waals surface area contributed by atoms with Gasteiger partial charge >= 0.3 is 25.5 Å². The fraction of sp³-hybridized carbons (Fsp3) is 0.310. The van der Waals surface area contributed by atoms with Crippen LogP contribution in [-0.2, 0) is 34.3 Å². The molecule has 0 fully saturated rings. The summed E-state index contributed by atoms with van der Waals surface area (Å²) in [5, 5.41) is 2.33. The number of carbonyl (C=O) groups excluding carboxylic acids is 2. The number of benzene rings is 3. The summed E-state index contributed by atoms with van der Waals surface area (Å²) < 4.78 is 61.5. The Morgan fingerprint density at radius 2 is 1.40 bits per heavy atom. The third kappa shape index (κ3) is 6.41. The number of alkyl halides is 2. The second kappa shape index (κ2) is 12.7. The smallest absolute Gasteiger partial charge is 0.449 e. The van der Waals surface area contributed by atoms with Gasteiger partial charge in [-0.1, -0.05) is 78.9 Å². The van der Waals surface area contributed by atoms with E-state index in [1.807, 2.05) is 48.5 Å². The lowest BCUT2D eigenvalue weighted by Crippen LogP contribution is -2.46. The summed E-state index contributed by atoms with van der Waals surface area (Å²) in [6.07, 6.45) is -1.19. The predicted octanol–water partition coefficient (Wildman–Crippen LogP) is 6.50. The lowest BCUT2D eigenvalue weighted by molar-refractivity contribution is -0.203. The Morgan fingerprint density at radius 1 is 0.875 bits per heavy atom. The molecule has 4 rings (SSSR count). The molecule has 1 aliphatic carbocycles. The summed E-state index contributed by atoms with van der Waals surface area (Å²) >= 11 is 0. The van der Waals surface area contributed by atoms with E-state index >= 15 is 0 Å². The molecule has 0 aromatic heterocycles. The molecule has 0 aliphatic heterocycles. The van der Waals surface area contributed by atoms with Crippen LogP contribution < -0.4 is 5.32 Å². The number of alkyl carbamates (subject to hydrolysis) is 1. The van der Waals surface area contributed by atoms with Gasteiger partial charge in [-0.25, -0.2) is 14.2 Å². The van der Waals surface area contributed by atoms with Crippen molar-refractivity contribution in [1.29, 1.82) is 0 Å². The molecule has 3 aromatic carbocycles. The van der Waals surface area contributed by atoms with Gasteiger partial charge in [0.25, 0.3) is 0 Å². The number of esters is 1. The maximum Gasteiger partial charge on any atom is 0.506 e. The van der Waals surface area contributed by atoms with E-state index in [0.29, 0.717) is 5.56 Å². The number of fused-ring (bicyclic) bond motifs is 3. The first-order valence-corrected chi connectivity index (χ1v) is 14.4. The van der Waals surface area contributed by atoms with Gasteiger partial charge in [-0.3, -0.25) is 0 Å². The summed E-state index contributed by atoms with van der Waals surface area (Å²) in [7, 11) is -5.14. The monoisotopic (exact) mass is 573 g/mol. The van der Waals surface area contributed by atoms with Crippen LogP contribution in [0.3, 0.4) is 0 Å². The van der Waals surface area contributed by atoms with Gasteiger partial charge in [0.1, 0.15) is 12.6 Å². The highest BCUT2D eigenvalue weighted by Crippen LogP contribution is 2.62. The Bertz CT molecular complexity index is 1330. The van der Waals surface area contributed by atoms with Gasteiger partial charge in [0.05, 0.1) is 13.2 Å². The number of carbonyl (C=O) groups is 2. The number of amides is 1. The van der Waals surface area contributed by atoms with E-state index in [-0.39, 0.29) is 32.2 Å². The molecule has 0 bridgehead atoms.